The lowest BCUT2D eigenvalue weighted by molar-refractivity contribution is 0.112. The van der Waals surface area contributed by atoms with Gasteiger partial charge >= 0.3 is 0 Å². The van der Waals surface area contributed by atoms with Gasteiger partial charge in [0, 0.05) is 18.0 Å². The van der Waals surface area contributed by atoms with Crippen molar-refractivity contribution in [2.24, 2.45) is 0 Å². The Bertz CT molecular complexity index is 486. The molecule has 1 aromatic heterocycles. The average molecular weight is 209 g/mol. The molecule has 0 radical (unpaired) electrons. The van der Waals surface area contributed by atoms with Crippen molar-refractivity contribution >= 4 is 18.4 Å². The molecule has 2 rings (SSSR count). The highest BCUT2D eigenvalue weighted by atomic mass is 16.1. The second-order valence-electron chi connectivity index (χ2n) is 3.40. The summed E-state index contributed by atoms with van der Waals surface area (Å²) in [5.74, 6) is 0. The summed E-state index contributed by atoms with van der Waals surface area (Å²) in [7, 11) is 0. The second kappa shape index (κ2) is 5.03. The van der Waals surface area contributed by atoms with Gasteiger partial charge in [-0.15, -0.1) is 0 Å². The van der Waals surface area contributed by atoms with Crippen molar-refractivity contribution in [2.75, 3.05) is 0 Å². The zero-order valence-corrected chi connectivity index (χ0v) is 8.71. The third kappa shape index (κ3) is 2.64. The van der Waals surface area contributed by atoms with E-state index in [0.29, 0.717) is 5.56 Å². The molecule has 0 saturated carbocycles. The summed E-state index contributed by atoms with van der Waals surface area (Å²) >= 11 is 0. The quantitative estimate of drug-likeness (QED) is 0.727. The SMILES string of the molecule is O=Cc1ccc(/C=C/c2ccncc2)cc1. The van der Waals surface area contributed by atoms with Gasteiger partial charge in [0.2, 0.25) is 0 Å². The molecule has 0 atom stereocenters. The lowest BCUT2D eigenvalue weighted by Gasteiger charge is -1.94. The largest absolute Gasteiger partial charge is 0.298 e. The topological polar surface area (TPSA) is 30.0 Å². The van der Waals surface area contributed by atoms with Gasteiger partial charge in [0.25, 0.3) is 0 Å². The Morgan fingerprint density at radius 3 is 1.81 bits per heavy atom. The van der Waals surface area contributed by atoms with Gasteiger partial charge in [-0.3, -0.25) is 9.78 Å². The van der Waals surface area contributed by atoms with Gasteiger partial charge < -0.3 is 0 Å². The van der Waals surface area contributed by atoms with Gasteiger partial charge in [-0.1, -0.05) is 36.4 Å². The number of pyridine rings is 1. The molecule has 0 N–H and O–H groups in total. The van der Waals surface area contributed by atoms with Crippen LogP contribution in [0, 0.1) is 0 Å². The average Bonchev–Trinajstić information content (AvgIpc) is 2.38. The van der Waals surface area contributed by atoms with Crippen molar-refractivity contribution in [3.8, 4) is 0 Å². The molecule has 16 heavy (non-hydrogen) atoms. The minimum Gasteiger partial charge on any atom is -0.298 e. The van der Waals surface area contributed by atoms with Crippen molar-refractivity contribution in [3.63, 3.8) is 0 Å². The van der Waals surface area contributed by atoms with Crippen LogP contribution in [0.5, 0.6) is 0 Å². The molecule has 0 saturated heterocycles. The summed E-state index contributed by atoms with van der Waals surface area (Å²) in [5, 5.41) is 0. The Morgan fingerprint density at radius 1 is 0.750 bits per heavy atom. The van der Waals surface area contributed by atoms with E-state index in [9.17, 15) is 4.79 Å². The maximum atomic E-state index is 10.5. The highest BCUT2D eigenvalue weighted by Gasteiger charge is 1.89. The first-order valence-electron chi connectivity index (χ1n) is 5.02. The molecule has 0 aliphatic heterocycles. The van der Waals surface area contributed by atoms with Crippen LogP contribution in [0.2, 0.25) is 0 Å². The molecule has 2 aromatic rings. The number of aldehydes is 1. The van der Waals surface area contributed by atoms with Crippen LogP contribution in [0.1, 0.15) is 21.5 Å². The summed E-state index contributed by atoms with van der Waals surface area (Å²) < 4.78 is 0. The van der Waals surface area contributed by atoms with Gasteiger partial charge in [0.05, 0.1) is 0 Å². The van der Waals surface area contributed by atoms with Gasteiger partial charge in [-0.25, -0.2) is 0 Å². The van der Waals surface area contributed by atoms with Crippen molar-refractivity contribution < 1.29 is 4.79 Å². The van der Waals surface area contributed by atoms with E-state index in [4.69, 9.17) is 0 Å². The number of hydrogen-bond acceptors (Lipinski definition) is 2. The molecule has 0 amide bonds. The number of rotatable bonds is 3. The zero-order valence-electron chi connectivity index (χ0n) is 8.71. The van der Waals surface area contributed by atoms with Crippen molar-refractivity contribution in [3.05, 3.63) is 65.5 Å². The molecule has 78 valence electrons. The van der Waals surface area contributed by atoms with Crippen LogP contribution < -0.4 is 0 Å². The van der Waals surface area contributed by atoms with E-state index in [1.54, 1.807) is 24.5 Å². The minimum atomic E-state index is 0.695. The molecule has 2 heteroatoms. The van der Waals surface area contributed by atoms with Crippen molar-refractivity contribution in [1.82, 2.24) is 4.98 Å². The Labute approximate surface area is 94.3 Å². The Kier molecular flexibility index (Phi) is 3.24. The van der Waals surface area contributed by atoms with E-state index in [0.717, 1.165) is 17.4 Å². The number of carbonyl (C=O) groups excluding carboxylic acids is 1. The molecule has 0 aliphatic carbocycles. The fourth-order valence-corrected chi connectivity index (χ4v) is 1.35. The summed E-state index contributed by atoms with van der Waals surface area (Å²) in [4.78, 5) is 14.4. The summed E-state index contributed by atoms with van der Waals surface area (Å²) in [6.07, 6.45) is 8.38. The van der Waals surface area contributed by atoms with E-state index >= 15 is 0 Å². The first-order valence-corrected chi connectivity index (χ1v) is 5.02. The Balaban J connectivity index is 2.14. The normalized spacial score (nSPS) is 10.5. The molecule has 1 aromatic carbocycles. The minimum absolute atomic E-state index is 0.695. The van der Waals surface area contributed by atoms with Gasteiger partial charge in [0.15, 0.2) is 0 Å². The number of nitrogens with zero attached hydrogens (tertiary/aromatic N) is 1. The zero-order chi connectivity index (χ0) is 11.2. The fourth-order valence-electron chi connectivity index (χ4n) is 1.35. The first-order chi connectivity index (χ1) is 7.88. The molecule has 1 heterocycles. The van der Waals surface area contributed by atoms with E-state index in [1.807, 2.05) is 36.4 Å². The van der Waals surface area contributed by atoms with Crippen molar-refractivity contribution in [1.29, 1.82) is 0 Å². The monoisotopic (exact) mass is 209 g/mol. The summed E-state index contributed by atoms with van der Waals surface area (Å²) in [5.41, 5.74) is 2.87. The second-order valence-corrected chi connectivity index (χ2v) is 3.40. The van der Waals surface area contributed by atoms with Crippen LogP contribution in [0.3, 0.4) is 0 Å². The van der Waals surface area contributed by atoms with Crippen LogP contribution in [0.15, 0.2) is 48.8 Å². The number of carbonyl (C=O) groups is 1. The molecule has 0 aliphatic rings. The van der Waals surface area contributed by atoms with E-state index < -0.39 is 0 Å². The van der Waals surface area contributed by atoms with Crippen LogP contribution >= 0.6 is 0 Å². The van der Waals surface area contributed by atoms with Crippen LogP contribution in [-0.2, 0) is 0 Å². The summed E-state index contributed by atoms with van der Waals surface area (Å²) in [6, 6.07) is 11.3. The predicted octanol–water partition coefficient (Wildman–Crippen LogP) is 3.06. The molecular weight excluding hydrogens is 198 g/mol. The van der Waals surface area contributed by atoms with Crippen LogP contribution in [-0.4, -0.2) is 11.3 Å². The van der Waals surface area contributed by atoms with Crippen LogP contribution in [0.4, 0.5) is 0 Å². The maximum Gasteiger partial charge on any atom is 0.150 e. The molecule has 0 bridgehead atoms. The number of aromatic nitrogens is 1. The first kappa shape index (κ1) is 10.3. The van der Waals surface area contributed by atoms with Gasteiger partial charge in [-0.2, -0.15) is 0 Å². The smallest absolute Gasteiger partial charge is 0.150 e. The Morgan fingerprint density at radius 2 is 1.25 bits per heavy atom. The highest BCUT2D eigenvalue weighted by molar-refractivity contribution is 5.76. The molecule has 2 nitrogen and oxygen atoms in total. The molecule has 0 unspecified atom stereocenters. The fraction of sp³-hybridized carbons (Fsp3) is 0. The van der Waals surface area contributed by atoms with E-state index in [-0.39, 0.29) is 0 Å². The molecular formula is C14H11NO. The molecule has 0 spiro atoms. The maximum absolute atomic E-state index is 10.5. The number of hydrogen-bond donors (Lipinski definition) is 0. The lowest BCUT2D eigenvalue weighted by Crippen LogP contribution is -1.78. The standard InChI is InChI=1S/C14H11NO/c16-11-14-5-3-12(4-6-14)1-2-13-7-9-15-10-8-13/h1-11H/b2-1+. The van der Waals surface area contributed by atoms with Gasteiger partial charge in [0.1, 0.15) is 6.29 Å². The number of benzene rings is 1. The third-order valence-corrected chi connectivity index (χ3v) is 2.25. The van der Waals surface area contributed by atoms with Crippen LogP contribution in [0.25, 0.3) is 12.2 Å². The lowest BCUT2D eigenvalue weighted by atomic mass is 10.1. The van der Waals surface area contributed by atoms with E-state index in [2.05, 4.69) is 4.98 Å². The molecule has 0 fully saturated rings. The third-order valence-electron chi connectivity index (χ3n) is 2.25. The van der Waals surface area contributed by atoms with Crippen molar-refractivity contribution in [2.45, 2.75) is 0 Å². The van der Waals surface area contributed by atoms with E-state index in [1.165, 1.54) is 0 Å². The highest BCUT2D eigenvalue weighted by Crippen LogP contribution is 2.08. The summed E-state index contributed by atoms with van der Waals surface area (Å²) in [6.45, 7) is 0. The predicted molar refractivity (Wildman–Crippen MR) is 65.0 cm³/mol. The Hall–Kier alpha value is -2.22. The van der Waals surface area contributed by atoms with Gasteiger partial charge in [-0.05, 0) is 23.3 Å².